The molecule has 2 N–H and O–H groups in total. The third-order valence-electron chi connectivity index (χ3n) is 3.02. The van der Waals surface area contributed by atoms with Gasteiger partial charge in [-0.3, -0.25) is 0 Å². The molecule has 1 aromatic rings. The fourth-order valence-corrected chi connectivity index (χ4v) is 2.78. The number of rotatable bonds is 5. The van der Waals surface area contributed by atoms with Crippen molar-refractivity contribution in [3.63, 3.8) is 0 Å². The van der Waals surface area contributed by atoms with Gasteiger partial charge in [-0.25, -0.2) is 0 Å². The Bertz CT molecular complexity index is 379. The molecule has 0 bridgehead atoms. The third-order valence-corrected chi connectivity index (χ3v) is 4.25. The van der Waals surface area contributed by atoms with Gasteiger partial charge in [-0.1, -0.05) is 11.8 Å². The van der Waals surface area contributed by atoms with Gasteiger partial charge in [0, 0.05) is 23.8 Å². The molecule has 0 aliphatic heterocycles. The van der Waals surface area contributed by atoms with E-state index in [9.17, 15) is 0 Å². The van der Waals surface area contributed by atoms with Crippen molar-refractivity contribution < 1.29 is 0 Å². The molecule has 3 rings (SSSR count). The van der Waals surface area contributed by atoms with E-state index in [-0.39, 0.29) is 6.04 Å². The molecule has 1 atom stereocenters. The maximum absolute atomic E-state index is 5.78. The predicted octanol–water partition coefficient (Wildman–Crippen LogP) is 1.93. The van der Waals surface area contributed by atoms with E-state index in [4.69, 9.17) is 5.73 Å². The molecule has 2 fully saturated rings. The molecule has 1 heterocycles. The van der Waals surface area contributed by atoms with Crippen molar-refractivity contribution in [1.82, 2.24) is 14.8 Å². The molecule has 0 amide bonds. The standard InChI is InChI=1S/C11H18N4S/c1-7(12)6-16-11-14-13-10(8-2-3-8)15(11)9-4-5-9/h7-9H,2-6,12H2,1H3/t7-/m0/s1. The molecule has 2 aliphatic carbocycles. The molecule has 2 aliphatic rings. The molecule has 0 aromatic carbocycles. The van der Waals surface area contributed by atoms with Crippen LogP contribution in [0.5, 0.6) is 0 Å². The summed E-state index contributed by atoms with van der Waals surface area (Å²) in [7, 11) is 0. The molecule has 4 nitrogen and oxygen atoms in total. The van der Waals surface area contributed by atoms with E-state index in [0.29, 0.717) is 12.0 Å². The van der Waals surface area contributed by atoms with Crippen LogP contribution in [0.2, 0.25) is 0 Å². The lowest BCUT2D eigenvalue weighted by Crippen LogP contribution is -2.18. The van der Waals surface area contributed by atoms with Gasteiger partial charge in [-0.2, -0.15) is 0 Å². The number of aromatic nitrogens is 3. The van der Waals surface area contributed by atoms with Crippen LogP contribution >= 0.6 is 11.8 Å². The van der Waals surface area contributed by atoms with Gasteiger partial charge < -0.3 is 10.3 Å². The summed E-state index contributed by atoms with van der Waals surface area (Å²) in [5.41, 5.74) is 5.78. The number of hydrogen-bond acceptors (Lipinski definition) is 4. The summed E-state index contributed by atoms with van der Waals surface area (Å²) in [6.45, 7) is 2.03. The van der Waals surface area contributed by atoms with Crippen molar-refractivity contribution in [2.24, 2.45) is 5.73 Å². The molecule has 0 saturated heterocycles. The molecular formula is C11H18N4S. The van der Waals surface area contributed by atoms with Gasteiger partial charge in [-0.15, -0.1) is 10.2 Å². The van der Waals surface area contributed by atoms with Gasteiger partial charge in [0.05, 0.1) is 0 Å². The Kier molecular flexibility index (Phi) is 2.67. The topological polar surface area (TPSA) is 56.7 Å². The molecular weight excluding hydrogens is 220 g/mol. The van der Waals surface area contributed by atoms with Crippen LogP contribution in [-0.2, 0) is 0 Å². The SMILES string of the molecule is C[C@H](N)CSc1nnc(C2CC2)n1C1CC1. The minimum absolute atomic E-state index is 0.221. The minimum Gasteiger partial charge on any atom is -0.327 e. The zero-order valence-electron chi connectivity index (χ0n) is 9.59. The summed E-state index contributed by atoms with van der Waals surface area (Å²) in [5, 5.41) is 9.78. The maximum atomic E-state index is 5.78. The monoisotopic (exact) mass is 238 g/mol. The first-order valence-electron chi connectivity index (χ1n) is 6.09. The van der Waals surface area contributed by atoms with Gasteiger partial charge in [-0.05, 0) is 32.6 Å². The first-order valence-corrected chi connectivity index (χ1v) is 7.07. The quantitative estimate of drug-likeness (QED) is 0.796. The highest BCUT2D eigenvalue weighted by Crippen LogP contribution is 2.45. The second kappa shape index (κ2) is 4.04. The largest absolute Gasteiger partial charge is 0.327 e. The van der Waals surface area contributed by atoms with Crippen molar-refractivity contribution in [3.8, 4) is 0 Å². The van der Waals surface area contributed by atoms with Gasteiger partial charge in [0.1, 0.15) is 5.82 Å². The summed E-state index contributed by atoms with van der Waals surface area (Å²) >= 11 is 1.75. The average molecular weight is 238 g/mol. The van der Waals surface area contributed by atoms with Crippen LogP contribution in [0.1, 0.15) is 50.4 Å². The second-order valence-electron chi connectivity index (χ2n) is 5.00. The van der Waals surface area contributed by atoms with Crippen LogP contribution < -0.4 is 5.73 Å². The highest BCUT2D eigenvalue weighted by Gasteiger charge is 2.36. The maximum Gasteiger partial charge on any atom is 0.191 e. The molecule has 1 aromatic heterocycles. The van der Waals surface area contributed by atoms with Crippen molar-refractivity contribution in [3.05, 3.63) is 5.82 Å². The fourth-order valence-electron chi connectivity index (χ4n) is 1.89. The lowest BCUT2D eigenvalue weighted by atomic mass is 10.4. The summed E-state index contributed by atoms with van der Waals surface area (Å²) in [6.07, 6.45) is 5.18. The van der Waals surface area contributed by atoms with E-state index in [1.807, 2.05) is 6.92 Å². The van der Waals surface area contributed by atoms with Crippen LogP contribution in [0.3, 0.4) is 0 Å². The molecule has 0 spiro atoms. The smallest absolute Gasteiger partial charge is 0.191 e. The number of hydrogen-bond donors (Lipinski definition) is 1. The summed E-state index contributed by atoms with van der Waals surface area (Å²) in [4.78, 5) is 0. The predicted molar refractivity (Wildman–Crippen MR) is 64.6 cm³/mol. The molecule has 5 heteroatoms. The highest BCUT2D eigenvalue weighted by atomic mass is 32.2. The van der Waals surface area contributed by atoms with Crippen LogP contribution in [-0.4, -0.2) is 26.6 Å². The normalized spacial score (nSPS) is 22.4. The Labute approximate surface area is 100.0 Å². The number of thioether (sulfide) groups is 1. The second-order valence-corrected chi connectivity index (χ2v) is 5.99. The van der Waals surface area contributed by atoms with E-state index in [2.05, 4.69) is 14.8 Å². The first-order chi connectivity index (χ1) is 7.75. The molecule has 2 saturated carbocycles. The Morgan fingerprint density at radius 2 is 2.12 bits per heavy atom. The van der Waals surface area contributed by atoms with Crippen LogP contribution in [0.15, 0.2) is 5.16 Å². The average Bonchev–Trinajstić information content (AvgIpc) is 3.13. The third kappa shape index (κ3) is 2.11. The molecule has 0 radical (unpaired) electrons. The van der Waals surface area contributed by atoms with Crippen molar-refractivity contribution >= 4 is 11.8 Å². The van der Waals surface area contributed by atoms with Crippen LogP contribution in [0.25, 0.3) is 0 Å². The van der Waals surface area contributed by atoms with Gasteiger partial charge >= 0.3 is 0 Å². The zero-order valence-corrected chi connectivity index (χ0v) is 10.4. The number of nitrogens with zero attached hydrogens (tertiary/aromatic N) is 3. The van der Waals surface area contributed by atoms with Gasteiger partial charge in [0.2, 0.25) is 0 Å². The van der Waals surface area contributed by atoms with Crippen molar-refractivity contribution in [2.75, 3.05) is 5.75 Å². The van der Waals surface area contributed by atoms with Crippen molar-refractivity contribution in [1.29, 1.82) is 0 Å². The first kappa shape index (κ1) is 10.6. The van der Waals surface area contributed by atoms with E-state index in [1.165, 1.54) is 31.5 Å². The van der Waals surface area contributed by atoms with E-state index in [0.717, 1.165) is 10.9 Å². The highest BCUT2D eigenvalue weighted by molar-refractivity contribution is 7.99. The molecule has 0 unspecified atom stereocenters. The molecule has 16 heavy (non-hydrogen) atoms. The van der Waals surface area contributed by atoms with Crippen LogP contribution in [0, 0.1) is 0 Å². The van der Waals surface area contributed by atoms with E-state index >= 15 is 0 Å². The molecule has 88 valence electrons. The number of nitrogens with two attached hydrogens (primary N) is 1. The lowest BCUT2D eigenvalue weighted by molar-refractivity contribution is 0.626. The van der Waals surface area contributed by atoms with Crippen LogP contribution in [0.4, 0.5) is 0 Å². The Hall–Kier alpha value is -0.550. The van der Waals surface area contributed by atoms with Gasteiger partial charge in [0.25, 0.3) is 0 Å². The summed E-state index contributed by atoms with van der Waals surface area (Å²) in [6, 6.07) is 0.903. The minimum atomic E-state index is 0.221. The Morgan fingerprint density at radius 1 is 1.38 bits per heavy atom. The fraction of sp³-hybridized carbons (Fsp3) is 0.818. The lowest BCUT2D eigenvalue weighted by Gasteiger charge is -2.08. The van der Waals surface area contributed by atoms with Crippen molar-refractivity contribution in [2.45, 2.75) is 55.8 Å². The zero-order chi connectivity index (χ0) is 11.1. The summed E-state index contributed by atoms with van der Waals surface area (Å²) in [5.74, 6) is 2.85. The van der Waals surface area contributed by atoms with E-state index in [1.54, 1.807) is 11.8 Å². The van der Waals surface area contributed by atoms with Gasteiger partial charge in [0.15, 0.2) is 5.16 Å². The Balaban J connectivity index is 1.80. The Morgan fingerprint density at radius 3 is 2.69 bits per heavy atom. The summed E-state index contributed by atoms with van der Waals surface area (Å²) < 4.78 is 2.38. The van der Waals surface area contributed by atoms with E-state index < -0.39 is 0 Å².